The molecule has 0 spiro atoms. The van der Waals surface area contributed by atoms with Gasteiger partial charge >= 0.3 is 0 Å². The summed E-state index contributed by atoms with van der Waals surface area (Å²) in [6.07, 6.45) is 6.51. The Bertz CT molecular complexity index is 905. The zero-order valence-corrected chi connectivity index (χ0v) is 15.0. The van der Waals surface area contributed by atoms with Gasteiger partial charge in [-0.1, -0.05) is 0 Å². The highest BCUT2D eigenvalue weighted by Crippen LogP contribution is 2.40. The normalized spacial score (nSPS) is 15.1. The molecule has 3 aromatic heterocycles. The van der Waals surface area contributed by atoms with E-state index in [1.807, 2.05) is 0 Å². The summed E-state index contributed by atoms with van der Waals surface area (Å²) in [5, 5.41) is 4.78. The molecule has 0 saturated heterocycles. The van der Waals surface area contributed by atoms with Crippen LogP contribution in [0.2, 0.25) is 0 Å². The number of nitrogens with zero attached hydrogens (tertiary/aromatic N) is 3. The van der Waals surface area contributed by atoms with Crippen LogP contribution in [0.3, 0.4) is 0 Å². The zero-order valence-electron chi connectivity index (χ0n) is 14.2. The van der Waals surface area contributed by atoms with E-state index in [1.54, 1.807) is 17.7 Å². The lowest BCUT2D eigenvalue weighted by molar-refractivity contribution is 0.631. The van der Waals surface area contributed by atoms with Crippen molar-refractivity contribution in [2.45, 2.75) is 58.9 Å². The Labute approximate surface area is 140 Å². The number of hydrogen-bond acceptors (Lipinski definition) is 5. The molecule has 4 nitrogen and oxygen atoms in total. The summed E-state index contributed by atoms with van der Waals surface area (Å²) in [5.41, 5.74) is 5.16. The smallest absolute Gasteiger partial charge is 0.147 e. The molecular formula is C18H22N4S. The summed E-state index contributed by atoms with van der Waals surface area (Å²) >= 11 is 1.72. The van der Waals surface area contributed by atoms with Gasteiger partial charge in [-0.3, -0.25) is 0 Å². The van der Waals surface area contributed by atoms with E-state index in [4.69, 9.17) is 4.98 Å². The predicted octanol–water partition coefficient (Wildman–Crippen LogP) is 4.64. The molecule has 5 heteroatoms. The van der Waals surface area contributed by atoms with E-state index in [0.29, 0.717) is 0 Å². The summed E-state index contributed by atoms with van der Waals surface area (Å²) < 4.78 is 1.13. The van der Waals surface area contributed by atoms with Crippen molar-refractivity contribution in [3.8, 4) is 0 Å². The number of nitrogens with one attached hydrogen (secondary N) is 1. The van der Waals surface area contributed by atoms with Crippen molar-refractivity contribution in [2.24, 2.45) is 0 Å². The largest absolute Gasteiger partial charge is 0.364 e. The lowest BCUT2D eigenvalue weighted by atomic mass is 9.89. The average molecular weight is 326 g/mol. The molecule has 120 valence electrons. The van der Waals surface area contributed by atoms with Gasteiger partial charge in [-0.2, -0.15) is 0 Å². The number of pyridine rings is 1. The van der Waals surface area contributed by atoms with Crippen LogP contribution in [0.5, 0.6) is 0 Å². The fourth-order valence-corrected chi connectivity index (χ4v) is 4.64. The second-order valence-electron chi connectivity index (χ2n) is 7.42. The third kappa shape index (κ3) is 2.47. The van der Waals surface area contributed by atoms with Crippen molar-refractivity contribution in [2.75, 3.05) is 5.32 Å². The quantitative estimate of drug-likeness (QED) is 0.708. The molecule has 0 atom stereocenters. The van der Waals surface area contributed by atoms with Gasteiger partial charge in [0.25, 0.3) is 0 Å². The maximum atomic E-state index is 4.89. The molecule has 1 aliphatic rings. The van der Waals surface area contributed by atoms with Gasteiger partial charge in [0.15, 0.2) is 0 Å². The van der Waals surface area contributed by atoms with Crippen LogP contribution in [0.4, 0.5) is 5.82 Å². The molecule has 3 heterocycles. The van der Waals surface area contributed by atoms with Crippen LogP contribution in [0, 0.1) is 6.92 Å². The van der Waals surface area contributed by atoms with E-state index in [0.717, 1.165) is 33.7 Å². The van der Waals surface area contributed by atoms with Gasteiger partial charge in [0, 0.05) is 16.6 Å². The van der Waals surface area contributed by atoms with Crippen molar-refractivity contribution in [1.29, 1.82) is 0 Å². The van der Waals surface area contributed by atoms with Crippen molar-refractivity contribution in [3.05, 3.63) is 23.1 Å². The molecule has 0 amide bonds. The predicted molar refractivity (Wildman–Crippen MR) is 97.5 cm³/mol. The number of rotatable bonds is 1. The number of fused-ring (bicyclic) bond motifs is 5. The summed E-state index contributed by atoms with van der Waals surface area (Å²) in [7, 11) is 0. The minimum atomic E-state index is -0.0275. The third-order valence-corrected chi connectivity index (χ3v) is 5.50. The summed E-state index contributed by atoms with van der Waals surface area (Å²) in [6, 6.07) is 0. The minimum Gasteiger partial charge on any atom is -0.364 e. The monoisotopic (exact) mass is 326 g/mol. The Balaban J connectivity index is 2.04. The third-order valence-electron chi connectivity index (χ3n) is 4.42. The Morgan fingerprint density at radius 2 is 1.83 bits per heavy atom. The van der Waals surface area contributed by atoms with Crippen molar-refractivity contribution in [1.82, 2.24) is 15.0 Å². The molecule has 0 aliphatic heterocycles. The van der Waals surface area contributed by atoms with Crippen molar-refractivity contribution >= 4 is 37.6 Å². The van der Waals surface area contributed by atoms with Gasteiger partial charge in [0.1, 0.15) is 17.0 Å². The maximum Gasteiger partial charge on any atom is 0.147 e. The van der Waals surface area contributed by atoms with E-state index < -0.39 is 0 Å². The number of anilines is 1. The van der Waals surface area contributed by atoms with E-state index in [9.17, 15) is 0 Å². The summed E-state index contributed by atoms with van der Waals surface area (Å²) in [6.45, 7) is 8.60. The van der Waals surface area contributed by atoms with E-state index in [2.05, 4.69) is 43.0 Å². The van der Waals surface area contributed by atoms with E-state index in [1.165, 1.54) is 35.0 Å². The van der Waals surface area contributed by atoms with E-state index >= 15 is 0 Å². The van der Waals surface area contributed by atoms with E-state index in [-0.39, 0.29) is 5.54 Å². The van der Waals surface area contributed by atoms with Crippen LogP contribution in [0.25, 0.3) is 20.4 Å². The number of thiophene rings is 1. The highest BCUT2D eigenvalue weighted by Gasteiger charge is 2.22. The molecule has 4 rings (SSSR count). The van der Waals surface area contributed by atoms with Crippen LogP contribution in [0.15, 0.2) is 6.33 Å². The molecule has 3 aromatic rings. The number of aryl methyl sites for hydroxylation is 2. The van der Waals surface area contributed by atoms with Gasteiger partial charge < -0.3 is 5.32 Å². The Morgan fingerprint density at radius 3 is 2.57 bits per heavy atom. The Hall–Kier alpha value is -1.75. The second kappa shape index (κ2) is 5.13. The second-order valence-corrected chi connectivity index (χ2v) is 8.42. The number of hydrogen-bond donors (Lipinski definition) is 1. The molecule has 1 aliphatic carbocycles. The fraction of sp³-hybridized carbons (Fsp3) is 0.500. The van der Waals surface area contributed by atoms with Gasteiger partial charge in [-0.05, 0) is 64.5 Å². The Kier molecular flexibility index (Phi) is 3.30. The minimum absolute atomic E-state index is 0.0275. The number of aromatic nitrogens is 3. The highest BCUT2D eigenvalue weighted by molar-refractivity contribution is 7.26. The van der Waals surface area contributed by atoms with Crippen LogP contribution in [0.1, 0.15) is 50.4 Å². The first kappa shape index (κ1) is 14.8. The average Bonchev–Trinajstić information content (AvgIpc) is 2.85. The van der Waals surface area contributed by atoms with Gasteiger partial charge in [-0.15, -0.1) is 11.3 Å². The van der Waals surface area contributed by atoms with Crippen molar-refractivity contribution < 1.29 is 0 Å². The first-order valence-electron chi connectivity index (χ1n) is 8.28. The highest BCUT2D eigenvalue weighted by atomic mass is 32.1. The molecule has 0 aromatic carbocycles. The molecule has 0 unspecified atom stereocenters. The summed E-state index contributed by atoms with van der Waals surface area (Å²) in [4.78, 5) is 15.1. The standard InChI is InChI=1S/C18H22N4S/c1-10-11-7-5-6-8-12(11)13-14-15(23-17(13)21-10)16(20-9-19-14)22-18(2,3)4/h9H,5-8H2,1-4H3,(H,19,20,22). The first-order valence-corrected chi connectivity index (χ1v) is 9.09. The van der Waals surface area contributed by atoms with Gasteiger partial charge in [-0.25, -0.2) is 15.0 Å². The molecule has 0 saturated carbocycles. The zero-order chi connectivity index (χ0) is 16.2. The van der Waals surface area contributed by atoms with Crippen LogP contribution < -0.4 is 5.32 Å². The van der Waals surface area contributed by atoms with Crippen LogP contribution >= 0.6 is 11.3 Å². The fourth-order valence-electron chi connectivity index (χ4n) is 3.49. The van der Waals surface area contributed by atoms with Crippen LogP contribution in [-0.2, 0) is 12.8 Å². The topological polar surface area (TPSA) is 50.7 Å². The van der Waals surface area contributed by atoms with Gasteiger partial charge in [0.05, 0.1) is 10.2 Å². The molecule has 0 bridgehead atoms. The van der Waals surface area contributed by atoms with Crippen LogP contribution in [-0.4, -0.2) is 20.5 Å². The lowest BCUT2D eigenvalue weighted by Crippen LogP contribution is -2.26. The van der Waals surface area contributed by atoms with Gasteiger partial charge in [0.2, 0.25) is 0 Å². The SMILES string of the molecule is Cc1nc2sc3c(NC(C)(C)C)ncnc3c2c2c1CCCC2. The molecule has 1 N–H and O–H groups in total. The molecular weight excluding hydrogens is 304 g/mol. The van der Waals surface area contributed by atoms with Crippen molar-refractivity contribution in [3.63, 3.8) is 0 Å². The Morgan fingerprint density at radius 1 is 1.09 bits per heavy atom. The maximum absolute atomic E-state index is 4.89. The molecule has 0 radical (unpaired) electrons. The molecule has 0 fully saturated rings. The first-order chi connectivity index (χ1) is 10.9. The summed E-state index contributed by atoms with van der Waals surface area (Å²) in [5.74, 6) is 0.924. The molecule has 23 heavy (non-hydrogen) atoms. The lowest BCUT2D eigenvalue weighted by Gasteiger charge is -2.21.